The molecule has 0 saturated carbocycles. The summed E-state index contributed by atoms with van der Waals surface area (Å²) in [6.45, 7) is 2.93. The van der Waals surface area contributed by atoms with Gasteiger partial charge in [0.1, 0.15) is 0 Å². The first kappa shape index (κ1) is 15.6. The summed E-state index contributed by atoms with van der Waals surface area (Å²) in [6.07, 6.45) is 2.03. The quantitative estimate of drug-likeness (QED) is 0.756. The summed E-state index contributed by atoms with van der Waals surface area (Å²) in [5.74, 6) is -0.0708. The minimum absolute atomic E-state index is 0.0708. The molecule has 2 N–H and O–H groups in total. The molecule has 0 aliphatic heterocycles. The second kappa shape index (κ2) is 7.87. The first-order chi connectivity index (χ1) is 8.54. The van der Waals surface area contributed by atoms with Crippen molar-refractivity contribution in [3.8, 4) is 0 Å². The van der Waals surface area contributed by atoms with Crippen molar-refractivity contribution in [3.63, 3.8) is 0 Å². The average molecular weight is 354 g/mol. The predicted octanol–water partition coefficient (Wildman–Crippen LogP) is 4.08. The Hall–Kier alpha value is -0.450. The van der Waals surface area contributed by atoms with Crippen molar-refractivity contribution in [3.05, 3.63) is 26.7 Å². The van der Waals surface area contributed by atoms with Crippen LogP contribution >= 0.6 is 39.1 Å². The van der Waals surface area contributed by atoms with E-state index in [0.717, 1.165) is 17.3 Å². The van der Waals surface area contributed by atoms with Gasteiger partial charge in [-0.2, -0.15) is 0 Å². The van der Waals surface area contributed by atoms with E-state index in [1.54, 1.807) is 12.1 Å². The van der Waals surface area contributed by atoms with Crippen molar-refractivity contribution in [2.24, 2.45) is 0 Å². The summed E-state index contributed by atoms with van der Waals surface area (Å²) in [7, 11) is 0. The molecule has 0 fully saturated rings. The highest BCUT2D eigenvalue weighted by atomic mass is 79.9. The van der Waals surface area contributed by atoms with Crippen LogP contribution in [-0.4, -0.2) is 19.0 Å². The molecule has 1 aromatic carbocycles. The number of carbonyl (C=O) groups excluding carboxylic acids is 1. The van der Waals surface area contributed by atoms with E-state index in [9.17, 15) is 4.79 Å². The van der Waals surface area contributed by atoms with Crippen LogP contribution in [-0.2, 0) is 4.79 Å². The van der Waals surface area contributed by atoms with Gasteiger partial charge in [0.25, 0.3) is 0 Å². The monoisotopic (exact) mass is 352 g/mol. The first-order valence-electron chi connectivity index (χ1n) is 5.69. The molecule has 0 radical (unpaired) electrons. The summed E-state index contributed by atoms with van der Waals surface area (Å²) in [6, 6.07) is 3.45. The Morgan fingerprint density at radius 3 is 2.50 bits per heavy atom. The number of nitrogens with one attached hydrogen (secondary N) is 2. The van der Waals surface area contributed by atoms with Gasteiger partial charge in [-0.3, -0.25) is 4.79 Å². The van der Waals surface area contributed by atoms with E-state index in [2.05, 4.69) is 33.5 Å². The minimum Gasteiger partial charge on any atom is -0.374 e. The van der Waals surface area contributed by atoms with E-state index < -0.39 is 0 Å². The number of benzene rings is 1. The van der Waals surface area contributed by atoms with E-state index in [1.165, 1.54) is 0 Å². The molecule has 0 heterocycles. The van der Waals surface area contributed by atoms with Crippen molar-refractivity contribution >= 4 is 50.7 Å². The third-order valence-electron chi connectivity index (χ3n) is 2.29. The molecule has 6 heteroatoms. The minimum atomic E-state index is -0.0708. The molecule has 100 valence electrons. The normalized spacial score (nSPS) is 10.2. The number of hydrogen-bond donors (Lipinski definition) is 2. The lowest BCUT2D eigenvalue weighted by molar-refractivity contribution is -0.119. The average Bonchev–Trinajstić information content (AvgIpc) is 2.27. The molecule has 0 spiro atoms. The SMILES string of the molecule is CCCCNC(=O)CNc1c(Cl)cc(Br)cc1Cl. The maximum atomic E-state index is 11.5. The molecule has 0 aliphatic rings. The van der Waals surface area contributed by atoms with Gasteiger partial charge >= 0.3 is 0 Å². The number of amides is 1. The molecule has 0 aliphatic carbocycles. The van der Waals surface area contributed by atoms with Crippen LogP contribution in [0.15, 0.2) is 16.6 Å². The summed E-state index contributed by atoms with van der Waals surface area (Å²) in [5, 5.41) is 6.71. The van der Waals surface area contributed by atoms with Gasteiger partial charge in [-0.1, -0.05) is 52.5 Å². The van der Waals surface area contributed by atoms with Crippen molar-refractivity contribution in [2.75, 3.05) is 18.4 Å². The molecule has 3 nitrogen and oxygen atoms in total. The summed E-state index contributed by atoms with van der Waals surface area (Å²) in [5.41, 5.74) is 0.576. The van der Waals surface area contributed by atoms with Crippen molar-refractivity contribution in [2.45, 2.75) is 19.8 Å². The zero-order chi connectivity index (χ0) is 13.5. The molecule has 18 heavy (non-hydrogen) atoms. The van der Waals surface area contributed by atoms with Crippen LogP contribution in [0.2, 0.25) is 10.0 Å². The van der Waals surface area contributed by atoms with Gasteiger partial charge in [-0.25, -0.2) is 0 Å². The zero-order valence-corrected chi connectivity index (χ0v) is 13.1. The van der Waals surface area contributed by atoms with Crippen molar-refractivity contribution in [1.29, 1.82) is 0 Å². The third kappa shape index (κ3) is 5.04. The van der Waals surface area contributed by atoms with Gasteiger partial charge in [0.2, 0.25) is 5.91 Å². The van der Waals surface area contributed by atoms with Crippen molar-refractivity contribution < 1.29 is 4.79 Å². The molecule has 1 rings (SSSR count). The van der Waals surface area contributed by atoms with Gasteiger partial charge in [-0.05, 0) is 18.6 Å². The number of halogens is 3. The van der Waals surface area contributed by atoms with Crippen LogP contribution in [0.25, 0.3) is 0 Å². The second-order valence-corrected chi connectivity index (χ2v) is 5.53. The van der Waals surface area contributed by atoms with E-state index >= 15 is 0 Å². The Morgan fingerprint density at radius 2 is 1.94 bits per heavy atom. The maximum Gasteiger partial charge on any atom is 0.239 e. The molecule has 0 bridgehead atoms. The van der Waals surface area contributed by atoms with Gasteiger partial charge in [0, 0.05) is 11.0 Å². The Labute approximate surface area is 125 Å². The largest absolute Gasteiger partial charge is 0.374 e. The fraction of sp³-hybridized carbons (Fsp3) is 0.417. The highest BCUT2D eigenvalue weighted by molar-refractivity contribution is 9.10. The summed E-state index contributed by atoms with van der Waals surface area (Å²) < 4.78 is 0.801. The van der Waals surface area contributed by atoms with Crippen LogP contribution in [0, 0.1) is 0 Å². The van der Waals surface area contributed by atoms with Crippen LogP contribution in [0.1, 0.15) is 19.8 Å². The molecule has 0 atom stereocenters. The summed E-state index contributed by atoms with van der Waals surface area (Å²) >= 11 is 15.4. The Bertz CT molecular complexity index is 404. The Morgan fingerprint density at radius 1 is 1.33 bits per heavy atom. The van der Waals surface area contributed by atoms with Gasteiger partial charge in [0.05, 0.1) is 22.3 Å². The van der Waals surface area contributed by atoms with E-state index in [0.29, 0.717) is 22.3 Å². The lowest BCUT2D eigenvalue weighted by Crippen LogP contribution is -2.30. The highest BCUT2D eigenvalue weighted by Gasteiger charge is 2.08. The number of carbonyl (C=O) groups is 1. The molecular weight excluding hydrogens is 339 g/mol. The van der Waals surface area contributed by atoms with E-state index in [4.69, 9.17) is 23.2 Å². The fourth-order valence-corrected chi connectivity index (χ4v) is 2.69. The zero-order valence-electron chi connectivity index (χ0n) is 10.0. The summed E-state index contributed by atoms with van der Waals surface area (Å²) in [4.78, 5) is 11.5. The topological polar surface area (TPSA) is 41.1 Å². The second-order valence-electron chi connectivity index (χ2n) is 3.80. The van der Waals surface area contributed by atoms with E-state index in [1.807, 2.05) is 0 Å². The van der Waals surface area contributed by atoms with E-state index in [-0.39, 0.29) is 12.5 Å². The number of unbranched alkanes of at least 4 members (excludes halogenated alkanes) is 1. The lowest BCUT2D eigenvalue weighted by Gasteiger charge is -2.11. The molecule has 1 amide bonds. The molecular formula is C12H15BrCl2N2O. The number of hydrogen-bond acceptors (Lipinski definition) is 2. The lowest BCUT2D eigenvalue weighted by atomic mass is 10.3. The van der Waals surface area contributed by atoms with Crippen LogP contribution in [0.3, 0.4) is 0 Å². The Kier molecular flexibility index (Phi) is 6.82. The van der Waals surface area contributed by atoms with Crippen LogP contribution in [0.5, 0.6) is 0 Å². The fourth-order valence-electron chi connectivity index (χ4n) is 1.35. The molecule has 1 aromatic rings. The molecule has 0 aromatic heterocycles. The van der Waals surface area contributed by atoms with Gasteiger partial charge in [-0.15, -0.1) is 0 Å². The van der Waals surface area contributed by atoms with Gasteiger partial charge in [0.15, 0.2) is 0 Å². The number of anilines is 1. The smallest absolute Gasteiger partial charge is 0.239 e. The van der Waals surface area contributed by atoms with Crippen molar-refractivity contribution in [1.82, 2.24) is 5.32 Å². The molecule has 0 saturated heterocycles. The van der Waals surface area contributed by atoms with Crippen LogP contribution < -0.4 is 10.6 Å². The molecule has 0 unspecified atom stereocenters. The van der Waals surface area contributed by atoms with Crippen LogP contribution in [0.4, 0.5) is 5.69 Å². The number of rotatable bonds is 6. The predicted molar refractivity (Wildman–Crippen MR) is 80.6 cm³/mol. The standard InChI is InChI=1S/C12H15BrCl2N2O/c1-2-3-4-16-11(18)7-17-12-9(14)5-8(13)6-10(12)15/h5-6,17H,2-4,7H2,1H3,(H,16,18). The maximum absolute atomic E-state index is 11.5. The Balaban J connectivity index is 2.51. The first-order valence-corrected chi connectivity index (χ1v) is 7.24. The highest BCUT2D eigenvalue weighted by Crippen LogP contribution is 2.33. The third-order valence-corrected chi connectivity index (χ3v) is 3.34. The van der Waals surface area contributed by atoms with Gasteiger partial charge < -0.3 is 10.6 Å².